The van der Waals surface area contributed by atoms with Crippen LogP contribution in [0.1, 0.15) is 43.0 Å². The van der Waals surface area contributed by atoms with Crippen LogP contribution in [0.15, 0.2) is 36.0 Å². The minimum Gasteiger partial charge on any atom is -0.352 e. The standard InChI is InChI=1S/C14H17NO/c1-2-3-4-5-10-13-14(16)11-8-6-7-9-12(11)15-13/h6-10,15H,2-5H2,1H3. The van der Waals surface area contributed by atoms with Crippen LogP contribution in [0.3, 0.4) is 0 Å². The molecular weight excluding hydrogens is 198 g/mol. The second kappa shape index (κ2) is 4.97. The van der Waals surface area contributed by atoms with Gasteiger partial charge in [-0.25, -0.2) is 0 Å². The molecule has 1 aromatic carbocycles. The fourth-order valence-corrected chi connectivity index (χ4v) is 1.92. The van der Waals surface area contributed by atoms with Gasteiger partial charge in [-0.15, -0.1) is 0 Å². The zero-order chi connectivity index (χ0) is 11.4. The van der Waals surface area contributed by atoms with Crippen LogP contribution < -0.4 is 5.32 Å². The van der Waals surface area contributed by atoms with Crippen molar-refractivity contribution in [3.63, 3.8) is 0 Å². The molecule has 0 saturated heterocycles. The van der Waals surface area contributed by atoms with Gasteiger partial charge in [-0.2, -0.15) is 0 Å². The number of nitrogens with one attached hydrogen (secondary N) is 1. The molecule has 1 aliphatic rings. The molecular formula is C14H17NO. The van der Waals surface area contributed by atoms with Crippen molar-refractivity contribution in [1.82, 2.24) is 0 Å². The van der Waals surface area contributed by atoms with E-state index in [2.05, 4.69) is 12.2 Å². The van der Waals surface area contributed by atoms with Gasteiger partial charge in [0.15, 0.2) is 0 Å². The third kappa shape index (κ3) is 2.16. The fraction of sp³-hybridized carbons (Fsp3) is 0.357. The van der Waals surface area contributed by atoms with E-state index in [1.807, 2.05) is 30.3 Å². The van der Waals surface area contributed by atoms with Gasteiger partial charge in [-0.1, -0.05) is 38.0 Å². The zero-order valence-corrected chi connectivity index (χ0v) is 9.62. The van der Waals surface area contributed by atoms with Gasteiger partial charge in [0, 0.05) is 11.3 Å². The second-order valence-corrected chi connectivity index (χ2v) is 4.11. The van der Waals surface area contributed by atoms with Gasteiger partial charge < -0.3 is 5.32 Å². The van der Waals surface area contributed by atoms with Crippen LogP contribution in [0.2, 0.25) is 0 Å². The van der Waals surface area contributed by atoms with E-state index in [0.717, 1.165) is 29.8 Å². The molecule has 0 atom stereocenters. The summed E-state index contributed by atoms with van der Waals surface area (Å²) >= 11 is 0. The highest BCUT2D eigenvalue weighted by Gasteiger charge is 2.22. The predicted molar refractivity (Wildman–Crippen MR) is 66.6 cm³/mol. The molecule has 16 heavy (non-hydrogen) atoms. The summed E-state index contributed by atoms with van der Waals surface area (Å²) in [6, 6.07) is 7.66. The van der Waals surface area contributed by atoms with Crippen molar-refractivity contribution >= 4 is 11.5 Å². The normalized spacial score (nSPS) is 16.3. The lowest BCUT2D eigenvalue weighted by molar-refractivity contribution is 0.104. The van der Waals surface area contributed by atoms with Crippen molar-refractivity contribution < 1.29 is 4.79 Å². The summed E-state index contributed by atoms with van der Waals surface area (Å²) in [7, 11) is 0. The first-order valence-electron chi connectivity index (χ1n) is 5.94. The van der Waals surface area contributed by atoms with Gasteiger partial charge in [0.1, 0.15) is 0 Å². The Morgan fingerprint density at radius 2 is 2.06 bits per heavy atom. The van der Waals surface area contributed by atoms with E-state index in [-0.39, 0.29) is 5.78 Å². The zero-order valence-electron chi connectivity index (χ0n) is 9.62. The average molecular weight is 215 g/mol. The van der Waals surface area contributed by atoms with E-state index < -0.39 is 0 Å². The molecule has 0 spiro atoms. The van der Waals surface area contributed by atoms with Crippen molar-refractivity contribution in [1.29, 1.82) is 0 Å². The van der Waals surface area contributed by atoms with Crippen molar-refractivity contribution in [2.75, 3.05) is 5.32 Å². The lowest BCUT2D eigenvalue weighted by atomic mass is 10.1. The van der Waals surface area contributed by atoms with E-state index in [1.54, 1.807) is 0 Å². The van der Waals surface area contributed by atoms with Crippen molar-refractivity contribution in [3.05, 3.63) is 41.6 Å². The molecule has 0 amide bonds. The molecule has 1 aromatic rings. The molecule has 1 aliphatic heterocycles. The summed E-state index contributed by atoms with van der Waals surface area (Å²) in [5.74, 6) is 0.132. The van der Waals surface area contributed by atoms with Gasteiger partial charge in [0.25, 0.3) is 0 Å². The summed E-state index contributed by atoms with van der Waals surface area (Å²) in [5.41, 5.74) is 2.48. The maximum atomic E-state index is 11.9. The number of ketones is 1. The predicted octanol–water partition coefficient (Wildman–Crippen LogP) is 3.76. The number of carbonyl (C=O) groups is 1. The Hall–Kier alpha value is -1.57. The second-order valence-electron chi connectivity index (χ2n) is 4.11. The summed E-state index contributed by atoms with van der Waals surface area (Å²) in [4.78, 5) is 11.9. The molecule has 0 fully saturated rings. The van der Waals surface area contributed by atoms with Crippen LogP contribution in [0.25, 0.3) is 0 Å². The Bertz CT molecular complexity index is 420. The molecule has 0 aliphatic carbocycles. The Balaban J connectivity index is 2.04. The van der Waals surface area contributed by atoms with Crippen molar-refractivity contribution in [2.24, 2.45) is 0 Å². The lowest BCUT2D eigenvalue weighted by Crippen LogP contribution is -1.99. The van der Waals surface area contributed by atoms with Gasteiger partial charge in [-0.3, -0.25) is 4.79 Å². The van der Waals surface area contributed by atoms with E-state index in [4.69, 9.17) is 0 Å². The summed E-state index contributed by atoms with van der Waals surface area (Å²) in [5, 5.41) is 3.17. The van der Waals surface area contributed by atoms with Crippen LogP contribution in [0.4, 0.5) is 5.69 Å². The number of anilines is 1. The van der Waals surface area contributed by atoms with Gasteiger partial charge in [0.2, 0.25) is 5.78 Å². The number of unbranched alkanes of at least 4 members (excludes halogenated alkanes) is 3. The SMILES string of the molecule is CCCCCC=C1Nc2ccccc2C1=O. The molecule has 0 radical (unpaired) electrons. The Morgan fingerprint density at radius 3 is 2.81 bits per heavy atom. The quantitative estimate of drug-likeness (QED) is 0.612. The molecule has 0 unspecified atom stereocenters. The molecule has 0 bridgehead atoms. The third-order valence-corrected chi connectivity index (χ3v) is 2.84. The van der Waals surface area contributed by atoms with E-state index in [0.29, 0.717) is 0 Å². The molecule has 0 aromatic heterocycles. The Labute approximate surface area is 96.4 Å². The minimum absolute atomic E-state index is 0.132. The molecule has 1 heterocycles. The highest BCUT2D eigenvalue weighted by molar-refractivity contribution is 6.18. The van der Waals surface area contributed by atoms with Crippen LogP contribution in [-0.4, -0.2) is 5.78 Å². The monoisotopic (exact) mass is 215 g/mol. The number of rotatable bonds is 4. The topological polar surface area (TPSA) is 29.1 Å². The van der Waals surface area contributed by atoms with Crippen LogP contribution in [-0.2, 0) is 0 Å². The van der Waals surface area contributed by atoms with Gasteiger partial charge >= 0.3 is 0 Å². The molecule has 2 rings (SSSR count). The smallest absolute Gasteiger partial charge is 0.210 e. The summed E-state index contributed by atoms with van der Waals surface area (Å²) in [6.07, 6.45) is 6.61. The first-order valence-corrected chi connectivity index (χ1v) is 5.94. The maximum Gasteiger partial charge on any atom is 0.210 e. The van der Waals surface area contributed by atoms with Gasteiger partial charge in [0.05, 0.1) is 5.70 Å². The first-order chi connectivity index (χ1) is 7.83. The third-order valence-electron chi connectivity index (χ3n) is 2.84. The highest BCUT2D eigenvalue weighted by atomic mass is 16.1. The number of allylic oxidation sites excluding steroid dienone is 2. The Kier molecular flexibility index (Phi) is 3.40. The van der Waals surface area contributed by atoms with E-state index in [9.17, 15) is 4.79 Å². The number of hydrogen-bond donors (Lipinski definition) is 1. The average Bonchev–Trinajstić information content (AvgIpc) is 2.63. The lowest BCUT2D eigenvalue weighted by Gasteiger charge is -1.98. The molecule has 1 N–H and O–H groups in total. The van der Waals surface area contributed by atoms with Crippen LogP contribution in [0.5, 0.6) is 0 Å². The number of benzene rings is 1. The number of Topliss-reactive ketones (excluding diaryl/α,β-unsaturated/α-hetero) is 1. The van der Waals surface area contributed by atoms with E-state index >= 15 is 0 Å². The summed E-state index contributed by atoms with van der Waals surface area (Å²) in [6.45, 7) is 2.18. The van der Waals surface area contributed by atoms with E-state index in [1.165, 1.54) is 12.8 Å². The molecule has 84 valence electrons. The molecule has 2 nitrogen and oxygen atoms in total. The van der Waals surface area contributed by atoms with Crippen LogP contribution in [0, 0.1) is 0 Å². The van der Waals surface area contributed by atoms with Crippen molar-refractivity contribution in [2.45, 2.75) is 32.6 Å². The number of carbonyl (C=O) groups excluding carboxylic acids is 1. The molecule has 2 heteroatoms. The van der Waals surface area contributed by atoms with Crippen LogP contribution >= 0.6 is 0 Å². The minimum atomic E-state index is 0.132. The fourth-order valence-electron chi connectivity index (χ4n) is 1.92. The highest BCUT2D eigenvalue weighted by Crippen LogP contribution is 2.27. The van der Waals surface area contributed by atoms with Crippen molar-refractivity contribution in [3.8, 4) is 0 Å². The number of para-hydroxylation sites is 1. The van der Waals surface area contributed by atoms with Gasteiger partial charge in [-0.05, 0) is 25.0 Å². The summed E-state index contributed by atoms with van der Waals surface area (Å²) < 4.78 is 0. The number of hydrogen-bond acceptors (Lipinski definition) is 2. The molecule has 0 saturated carbocycles. The number of fused-ring (bicyclic) bond motifs is 1. The Morgan fingerprint density at radius 1 is 1.25 bits per heavy atom. The first kappa shape index (κ1) is 10.9. The largest absolute Gasteiger partial charge is 0.352 e. The maximum absolute atomic E-state index is 11.9.